The van der Waals surface area contributed by atoms with Crippen molar-refractivity contribution in [2.45, 2.75) is 32.3 Å². The molecule has 0 saturated carbocycles. The van der Waals surface area contributed by atoms with Crippen molar-refractivity contribution in [3.63, 3.8) is 0 Å². The highest BCUT2D eigenvalue weighted by Gasteiger charge is 2.42. The predicted molar refractivity (Wildman–Crippen MR) is 101 cm³/mol. The van der Waals surface area contributed by atoms with Gasteiger partial charge in [-0.05, 0) is 31.2 Å². The van der Waals surface area contributed by atoms with Crippen LogP contribution >= 0.6 is 0 Å². The van der Waals surface area contributed by atoms with Gasteiger partial charge in [0, 0.05) is 22.6 Å². The van der Waals surface area contributed by atoms with E-state index in [0.717, 1.165) is 0 Å². The van der Waals surface area contributed by atoms with Crippen molar-refractivity contribution in [1.29, 1.82) is 0 Å². The van der Waals surface area contributed by atoms with Crippen LogP contribution in [0, 0.1) is 0 Å². The second kappa shape index (κ2) is 5.67. The van der Waals surface area contributed by atoms with Crippen molar-refractivity contribution in [3.05, 3.63) is 46.1 Å². The first kappa shape index (κ1) is 17.3. The molecular weight excluding hydrogens is 348 g/mol. The Morgan fingerprint density at radius 2 is 1.81 bits per heavy atom. The second-order valence-electron chi connectivity index (χ2n) is 7.29. The molecule has 4 rings (SSSR count). The average molecular weight is 368 g/mol. The van der Waals surface area contributed by atoms with Gasteiger partial charge in [-0.2, -0.15) is 0 Å². The van der Waals surface area contributed by atoms with E-state index < -0.39 is 16.6 Å². The van der Waals surface area contributed by atoms with Gasteiger partial charge in [0.1, 0.15) is 34.3 Å². The van der Waals surface area contributed by atoms with Crippen LogP contribution in [0.2, 0.25) is 0 Å². The fourth-order valence-corrected chi connectivity index (χ4v) is 3.50. The van der Waals surface area contributed by atoms with E-state index in [1.54, 1.807) is 31.4 Å². The summed E-state index contributed by atoms with van der Waals surface area (Å²) in [6.07, 6.45) is -0.166. The zero-order chi connectivity index (χ0) is 19.5. The van der Waals surface area contributed by atoms with Crippen molar-refractivity contribution in [2.24, 2.45) is 0 Å². The molecule has 27 heavy (non-hydrogen) atoms. The molecule has 1 aromatic heterocycles. The normalized spacial score (nSPS) is 17.6. The standard InChI is InChI=1S/C21H20O6/c1-10-21(2,3)16-14(26-10)9-13(22)15-17(23)18(24)19(27-20(15)16)11-5-7-12(25-4)8-6-11/h5-10,22,24H,1-4H3. The highest BCUT2D eigenvalue weighted by atomic mass is 16.5. The lowest BCUT2D eigenvalue weighted by Gasteiger charge is -2.22. The molecule has 1 aliphatic rings. The molecule has 2 heterocycles. The minimum Gasteiger partial charge on any atom is -0.507 e. The van der Waals surface area contributed by atoms with E-state index in [-0.39, 0.29) is 28.6 Å². The molecule has 0 spiro atoms. The van der Waals surface area contributed by atoms with E-state index in [0.29, 0.717) is 22.6 Å². The Balaban J connectivity index is 2.08. The maximum Gasteiger partial charge on any atom is 0.238 e. The van der Waals surface area contributed by atoms with Gasteiger partial charge >= 0.3 is 0 Å². The van der Waals surface area contributed by atoms with Gasteiger partial charge in [-0.3, -0.25) is 4.79 Å². The van der Waals surface area contributed by atoms with E-state index in [9.17, 15) is 15.0 Å². The van der Waals surface area contributed by atoms with Gasteiger partial charge in [0.05, 0.1) is 7.11 Å². The highest BCUT2D eigenvalue weighted by Crippen LogP contribution is 2.49. The van der Waals surface area contributed by atoms with Crippen LogP contribution in [0.1, 0.15) is 26.3 Å². The van der Waals surface area contributed by atoms with Crippen molar-refractivity contribution >= 4 is 11.0 Å². The molecule has 6 nitrogen and oxygen atoms in total. The van der Waals surface area contributed by atoms with Crippen LogP contribution in [0.15, 0.2) is 39.5 Å². The summed E-state index contributed by atoms with van der Waals surface area (Å²) in [5.74, 6) is 0.334. The largest absolute Gasteiger partial charge is 0.507 e. The number of rotatable bonds is 2. The quantitative estimate of drug-likeness (QED) is 0.712. The zero-order valence-corrected chi connectivity index (χ0v) is 15.5. The van der Waals surface area contributed by atoms with E-state index >= 15 is 0 Å². The Morgan fingerprint density at radius 1 is 1.15 bits per heavy atom. The SMILES string of the molecule is COc1ccc(-c2oc3c4c(cc(O)c3c(=O)c2O)OC(C)C4(C)C)cc1. The number of fused-ring (bicyclic) bond motifs is 3. The lowest BCUT2D eigenvalue weighted by Crippen LogP contribution is -2.29. The van der Waals surface area contributed by atoms with Gasteiger partial charge in [-0.15, -0.1) is 0 Å². The Labute approximate surface area is 155 Å². The summed E-state index contributed by atoms with van der Waals surface area (Å²) in [5.41, 5.74) is 0.334. The van der Waals surface area contributed by atoms with Gasteiger partial charge in [0.15, 0.2) is 5.76 Å². The Bertz CT molecular complexity index is 1110. The minimum absolute atomic E-state index is 0.0401. The van der Waals surface area contributed by atoms with Crippen LogP contribution < -0.4 is 14.9 Å². The molecule has 0 bridgehead atoms. The average Bonchev–Trinajstić information content (AvgIpc) is 2.86. The molecule has 2 aromatic carbocycles. The summed E-state index contributed by atoms with van der Waals surface area (Å²) in [6, 6.07) is 8.21. The molecule has 0 radical (unpaired) electrons. The molecule has 3 aromatic rings. The molecule has 1 aliphatic heterocycles. The number of hydrogen-bond donors (Lipinski definition) is 2. The van der Waals surface area contributed by atoms with Gasteiger partial charge in [0.2, 0.25) is 11.2 Å². The number of benzene rings is 2. The van der Waals surface area contributed by atoms with Crippen LogP contribution in [0.3, 0.4) is 0 Å². The van der Waals surface area contributed by atoms with Crippen LogP contribution in [-0.4, -0.2) is 23.4 Å². The van der Waals surface area contributed by atoms with E-state index in [2.05, 4.69) is 0 Å². The van der Waals surface area contributed by atoms with E-state index in [1.165, 1.54) is 6.07 Å². The topological polar surface area (TPSA) is 89.1 Å². The Hall–Kier alpha value is -3.15. The first-order valence-electron chi connectivity index (χ1n) is 8.63. The lowest BCUT2D eigenvalue weighted by molar-refractivity contribution is 0.185. The van der Waals surface area contributed by atoms with Crippen LogP contribution in [-0.2, 0) is 5.41 Å². The lowest BCUT2D eigenvalue weighted by atomic mass is 9.81. The third-order valence-electron chi connectivity index (χ3n) is 5.40. The molecule has 0 fully saturated rings. The molecule has 2 N–H and O–H groups in total. The number of methoxy groups -OCH3 is 1. The summed E-state index contributed by atoms with van der Waals surface area (Å²) in [6.45, 7) is 5.89. The van der Waals surface area contributed by atoms with E-state index in [4.69, 9.17) is 13.9 Å². The summed E-state index contributed by atoms with van der Waals surface area (Å²) >= 11 is 0. The monoisotopic (exact) mass is 368 g/mol. The third-order valence-corrected chi connectivity index (χ3v) is 5.40. The highest BCUT2D eigenvalue weighted by molar-refractivity contribution is 5.92. The maximum atomic E-state index is 12.8. The van der Waals surface area contributed by atoms with Gasteiger partial charge in [0.25, 0.3) is 0 Å². The maximum absolute atomic E-state index is 12.8. The summed E-state index contributed by atoms with van der Waals surface area (Å²) < 4.78 is 17.0. The summed E-state index contributed by atoms with van der Waals surface area (Å²) in [7, 11) is 1.55. The molecule has 0 saturated heterocycles. The van der Waals surface area contributed by atoms with Crippen molar-refractivity contribution < 1.29 is 24.1 Å². The van der Waals surface area contributed by atoms with Crippen molar-refractivity contribution in [2.75, 3.05) is 7.11 Å². The molecule has 1 atom stereocenters. The number of aromatic hydroxyl groups is 2. The van der Waals surface area contributed by atoms with Crippen molar-refractivity contribution in [1.82, 2.24) is 0 Å². The van der Waals surface area contributed by atoms with Crippen LogP contribution in [0.5, 0.6) is 23.0 Å². The predicted octanol–water partition coefficient (Wildman–Crippen LogP) is 3.94. The number of ether oxygens (including phenoxy) is 2. The van der Waals surface area contributed by atoms with Gasteiger partial charge < -0.3 is 24.1 Å². The minimum atomic E-state index is -0.683. The smallest absolute Gasteiger partial charge is 0.238 e. The number of phenols is 1. The number of phenolic OH excluding ortho intramolecular Hbond substituents is 1. The Morgan fingerprint density at radius 3 is 2.44 bits per heavy atom. The third kappa shape index (κ3) is 2.36. The fourth-order valence-electron chi connectivity index (χ4n) is 3.50. The molecule has 6 heteroatoms. The summed E-state index contributed by atoms with van der Waals surface area (Å²) in [5, 5.41) is 20.8. The zero-order valence-electron chi connectivity index (χ0n) is 15.5. The molecule has 0 amide bonds. The molecular formula is C21H20O6. The Kier molecular flexibility index (Phi) is 3.63. The van der Waals surface area contributed by atoms with Crippen molar-refractivity contribution in [3.8, 4) is 34.3 Å². The van der Waals surface area contributed by atoms with Gasteiger partial charge in [-0.25, -0.2) is 0 Å². The van der Waals surface area contributed by atoms with Crippen LogP contribution in [0.25, 0.3) is 22.3 Å². The fraction of sp³-hybridized carbons (Fsp3) is 0.286. The van der Waals surface area contributed by atoms with E-state index in [1.807, 2.05) is 20.8 Å². The van der Waals surface area contributed by atoms with Gasteiger partial charge in [-0.1, -0.05) is 13.8 Å². The molecule has 140 valence electrons. The first-order valence-corrected chi connectivity index (χ1v) is 8.63. The first-order chi connectivity index (χ1) is 12.8. The number of hydrogen-bond acceptors (Lipinski definition) is 6. The molecule has 0 aliphatic carbocycles. The second-order valence-corrected chi connectivity index (χ2v) is 7.29. The summed E-state index contributed by atoms with van der Waals surface area (Å²) in [4.78, 5) is 12.8. The van der Waals surface area contributed by atoms with Crippen LogP contribution in [0.4, 0.5) is 0 Å². The molecule has 1 unspecified atom stereocenters.